The highest BCUT2D eigenvalue weighted by molar-refractivity contribution is 6.14. The summed E-state index contributed by atoms with van der Waals surface area (Å²) in [6.07, 6.45) is 1.42. The van der Waals surface area contributed by atoms with Gasteiger partial charge in [0.15, 0.2) is 11.9 Å². The molecule has 0 radical (unpaired) electrons. The number of nitrogens with zero attached hydrogens (tertiary/aromatic N) is 3. The highest BCUT2D eigenvalue weighted by Gasteiger charge is 2.32. The molecular formula is C23H16N4O2. The van der Waals surface area contributed by atoms with Crippen LogP contribution in [0.2, 0.25) is 0 Å². The molecule has 0 aliphatic carbocycles. The molecule has 140 valence electrons. The average Bonchev–Trinajstić information content (AvgIpc) is 3.32. The van der Waals surface area contributed by atoms with Crippen LogP contribution < -0.4 is 4.74 Å². The van der Waals surface area contributed by atoms with E-state index < -0.39 is 6.10 Å². The van der Waals surface area contributed by atoms with Crippen molar-refractivity contribution in [2.24, 2.45) is 0 Å². The van der Waals surface area contributed by atoms with Crippen LogP contribution in [0.3, 0.4) is 0 Å². The number of aromatic amines is 1. The number of fused-ring (bicyclic) bond motifs is 1. The van der Waals surface area contributed by atoms with Crippen molar-refractivity contribution in [3.63, 3.8) is 0 Å². The van der Waals surface area contributed by atoms with Crippen molar-refractivity contribution >= 4 is 11.9 Å². The number of ketones is 1. The van der Waals surface area contributed by atoms with Gasteiger partial charge in [-0.1, -0.05) is 66.7 Å². The molecule has 0 spiro atoms. The number of Topliss-reactive ketones (excluding diaryl/α,β-unsaturated/α-hetero) is 1. The fourth-order valence-corrected chi connectivity index (χ4v) is 3.43. The number of tetrazole rings is 1. The van der Waals surface area contributed by atoms with Crippen molar-refractivity contribution in [1.82, 2.24) is 20.6 Å². The van der Waals surface area contributed by atoms with Crippen molar-refractivity contribution in [1.29, 1.82) is 0 Å². The molecule has 6 nitrogen and oxygen atoms in total. The zero-order valence-corrected chi connectivity index (χ0v) is 15.3. The van der Waals surface area contributed by atoms with Crippen LogP contribution in [0.15, 0.2) is 84.4 Å². The minimum Gasteiger partial charge on any atom is -0.480 e. The normalized spacial score (nSPS) is 17.0. The van der Waals surface area contributed by atoms with E-state index in [4.69, 9.17) is 4.74 Å². The Bertz CT molecular complexity index is 1180. The van der Waals surface area contributed by atoms with E-state index in [0.717, 1.165) is 16.7 Å². The molecule has 1 aromatic heterocycles. The maximum atomic E-state index is 13.3. The molecule has 1 aliphatic rings. The molecule has 1 aliphatic heterocycles. The summed E-state index contributed by atoms with van der Waals surface area (Å²) in [4.78, 5) is 13.3. The molecule has 29 heavy (non-hydrogen) atoms. The number of aromatic nitrogens is 4. The first-order chi connectivity index (χ1) is 14.3. The minimum absolute atomic E-state index is 0.0250. The molecule has 0 saturated carbocycles. The number of H-pyrrole nitrogens is 1. The summed E-state index contributed by atoms with van der Waals surface area (Å²) in [5.41, 5.74) is 3.85. The molecule has 0 fully saturated rings. The molecule has 3 aromatic carbocycles. The van der Waals surface area contributed by atoms with Crippen molar-refractivity contribution in [2.45, 2.75) is 6.10 Å². The summed E-state index contributed by atoms with van der Waals surface area (Å²) in [6.45, 7) is 0. The van der Waals surface area contributed by atoms with Gasteiger partial charge in [-0.2, -0.15) is 5.21 Å². The van der Waals surface area contributed by atoms with E-state index in [1.807, 2.05) is 78.9 Å². The Morgan fingerprint density at radius 2 is 1.66 bits per heavy atom. The van der Waals surface area contributed by atoms with Gasteiger partial charge in [-0.3, -0.25) is 4.79 Å². The first-order valence-corrected chi connectivity index (χ1v) is 9.20. The van der Waals surface area contributed by atoms with Crippen LogP contribution in [-0.2, 0) is 0 Å². The standard InChI is InChI=1S/C23H16N4O2/c28-21-18-8-4-5-9-20(18)29-22(16-6-2-1-3-7-16)19(21)14-15-10-12-17(13-11-15)23-24-26-27-25-23/h1-14,22H,(H,24,25,26,27)/t22-/m0/s1. The van der Waals surface area contributed by atoms with E-state index in [-0.39, 0.29) is 5.78 Å². The predicted octanol–water partition coefficient (Wildman–Crippen LogP) is 4.27. The largest absolute Gasteiger partial charge is 0.480 e. The van der Waals surface area contributed by atoms with Gasteiger partial charge in [-0.25, -0.2) is 0 Å². The second-order valence-corrected chi connectivity index (χ2v) is 6.69. The number of rotatable bonds is 3. The summed E-state index contributed by atoms with van der Waals surface area (Å²) in [7, 11) is 0. The SMILES string of the molecule is O=C1C(=Cc2ccc(-c3nn[nH]n3)cc2)[C@H](c2ccccc2)Oc2ccccc21. The van der Waals surface area contributed by atoms with E-state index in [0.29, 0.717) is 22.7 Å². The molecule has 6 heteroatoms. The van der Waals surface area contributed by atoms with E-state index in [9.17, 15) is 4.79 Å². The number of hydrogen-bond acceptors (Lipinski definition) is 5. The topological polar surface area (TPSA) is 80.8 Å². The molecule has 1 atom stereocenters. The van der Waals surface area contributed by atoms with Crippen molar-refractivity contribution in [3.8, 4) is 17.1 Å². The lowest BCUT2D eigenvalue weighted by Gasteiger charge is -2.28. The molecule has 4 aromatic rings. The van der Waals surface area contributed by atoms with Gasteiger partial charge in [0.2, 0.25) is 5.82 Å². The summed E-state index contributed by atoms with van der Waals surface area (Å²) in [5, 5.41) is 14.0. The Morgan fingerprint density at radius 1 is 0.897 bits per heavy atom. The highest BCUT2D eigenvalue weighted by atomic mass is 16.5. The molecule has 1 N–H and O–H groups in total. The molecule has 2 heterocycles. The van der Waals surface area contributed by atoms with E-state index in [2.05, 4.69) is 20.6 Å². The second kappa shape index (κ2) is 7.16. The van der Waals surface area contributed by atoms with Gasteiger partial charge in [0.1, 0.15) is 5.75 Å². The zero-order valence-electron chi connectivity index (χ0n) is 15.3. The molecular weight excluding hydrogens is 364 g/mol. The van der Waals surface area contributed by atoms with Crippen molar-refractivity contribution in [2.75, 3.05) is 0 Å². The highest BCUT2D eigenvalue weighted by Crippen LogP contribution is 2.39. The zero-order chi connectivity index (χ0) is 19.6. The van der Waals surface area contributed by atoms with Crippen molar-refractivity contribution < 1.29 is 9.53 Å². The smallest absolute Gasteiger partial charge is 0.204 e. The summed E-state index contributed by atoms with van der Waals surface area (Å²) in [6, 6.07) is 24.8. The number of ether oxygens (including phenoxy) is 1. The third-order valence-electron chi connectivity index (χ3n) is 4.86. The summed E-state index contributed by atoms with van der Waals surface area (Å²) >= 11 is 0. The number of para-hydroxylation sites is 1. The third kappa shape index (κ3) is 3.21. The number of carbonyl (C=O) groups excluding carboxylic acids is 1. The third-order valence-corrected chi connectivity index (χ3v) is 4.86. The number of benzene rings is 3. The molecule has 0 saturated heterocycles. The first kappa shape index (κ1) is 17.1. The lowest BCUT2D eigenvalue weighted by atomic mass is 9.89. The quantitative estimate of drug-likeness (QED) is 0.537. The van der Waals surface area contributed by atoms with Crippen LogP contribution in [0, 0.1) is 0 Å². The second-order valence-electron chi connectivity index (χ2n) is 6.69. The molecule has 5 rings (SSSR count). The van der Waals surface area contributed by atoms with Crippen LogP contribution in [-0.4, -0.2) is 26.4 Å². The first-order valence-electron chi connectivity index (χ1n) is 9.20. The number of carbonyl (C=O) groups is 1. The molecule has 0 amide bonds. The Morgan fingerprint density at radius 3 is 2.41 bits per heavy atom. The van der Waals surface area contributed by atoms with Gasteiger partial charge >= 0.3 is 0 Å². The van der Waals surface area contributed by atoms with Crippen LogP contribution in [0.4, 0.5) is 0 Å². The summed E-state index contributed by atoms with van der Waals surface area (Å²) in [5.74, 6) is 1.11. The molecule has 0 bridgehead atoms. The van der Waals surface area contributed by atoms with Gasteiger partial charge in [0.05, 0.1) is 5.56 Å². The van der Waals surface area contributed by atoms with Gasteiger partial charge in [-0.05, 0) is 34.5 Å². The van der Waals surface area contributed by atoms with Gasteiger partial charge in [0.25, 0.3) is 0 Å². The Labute approximate surface area is 166 Å². The fourth-order valence-electron chi connectivity index (χ4n) is 3.43. The van der Waals surface area contributed by atoms with Crippen molar-refractivity contribution in [3.05, 3.63) is 101 Å². The monoisotopic (exact) mass is 380 g/mol. The van der Waals surface area contributed by atoms with Crippen LogP contribution >= 0.6 is 0 Å². The average molecular weight is 380 g/mol. The maximum absolute atomic E-state index is 13.3. The minimum atomic E-state index is -0.463. The van der Waals surface area contributed by atoms with E-state index >= 15 is 0 Å². The lowest BCUT2D eigenvalue weighted by Crippen LogP contribution is -2.23. The number of hydrogen-bond donors (Lipinski definition) is 1. The summed E-state index contributed by atoms with van der Waals surface area (Å²) < 4.78 is 6.23. The predicted molar refractivity (Wildman–Crippen MR) is 108 cm³/mol. The van der Waals surface area contributed by atoms with Gasteiger partial charge < -0.3 is 4.74 Å². The maximum Gasteiger partial charge on any atom is 0.204 e. The fraction of sp³-hybridized carbons (Fsp3) is 0.0435. The van der Waals surface area contributed by atoms with Crippen LogP contribution in [0.5, 0.6) is 5.75 Å². The lowest BCUT2D eigenvalue weighted by molar-refractivity contribution is 0.0963. The van der Waals surface area contributed by atoms with E-state index in [1.54, 1.807) is 6.07 Å². The van der Waals surface area contributed by atoms with Crippen LogP contribution in [0.25, 0.3) is 17.5 Å². The van der Waals surface area contributed by atoms with Gasteiger partial charge in [-0.15, -0.1) is 10.2 Å². The Kier molecular flexibility index (Phi) is 4.22. The number of nitrogens with one attached hydrogen (secondary N) is 1. The van der Waals surface area contributed by atoms with Crippen LogP contribution in [0.1, 0.15) is 27.6 Å². The van der Waals surface area contributed by atoms with Gasteiger partial charge in [0, 0.05) is 11.1 Å². The Balaban J connectivity index is 1.57. The van der Waals surface area contributed by atoms with E-state index in [1.165, 1.54) is 0 Å². The Hall–Kier alpha value is -4.06. The molecule has 0 unspecified atom stereocenters.